The molecule has 20 heavy (non-hydrogen) atoms. The van der Waals surface area contributed by atoms with Gasteiger partial charge in [0.2, 0.25) is 5.91 Å². The lowest BCUT2D eigenvalue weighted by molar-refractivity contribution is -0.137. The Morgan fingerprint density at radius 3 is 2.35 bits per heavy atom. The first kappa shape index (κ1) is 16.1. The van der Waals surface area contributed by atoms with Crippen molar-refractivity contribution in [2.75, 3.05) is 23.7 Å². The molecule has 0 aliphatic heterocycles. The Kier molecular flexibility index (Phi) is 4.86. The van der Waals surface area contributed by atoms with Gasteiger partial charge in [0.15, 0.2) is 0 Å². The predicted octanol–water partition coefficient (Wildman–Crippen LogP) is 2.24. The van der Waals surface area contributed by atoms with Gasteiger partial charge in [-0.3, -0.25) is 4.79 Å². The minimum atomic E-state index is -4.45. The number of anilines is 2. The van der Waals surface area contributed by atoms with E-state index in [1.807, 2.05) is 13.8 Å². The number of halogens is 3. The molecule has 4 N–H and O–H groups in total. The maximum atomic E-state index is 12.6. The first-order valence-electron chi connectivity index (χ1n) is 6.11. The molecule has 0 atom stereocenters. The molecule has 0 aromatic heterocycles. The number of benzene rings is 1. The van der Waals surface area contributed by atoms with Crippen molar-refractivity contribution >= 4 is 17.3 Å². The lowest BCUT2D eigenvalue weighted by Crippen LogP contribution is -2.36. The Balaban J connectivity index is 3.11. The van der Waals surface area contributed by atoms with E-state index in [1.165, 1.54) is 6.07 Å². The zero-order valence-electron chi connectivity index (χ0n) is 11.4. The second-order valence-electron chi connectivity index (χ2n) is 5.01. The largest absolute Gasteiger partial charge is 0.416 e. The number of hydrogen-bond donors (Lipinski definition) is 2. The first-order chi connectivity index (χ1) is 9.11. The summed E-state index contributed by atoms with van der Waals surface area (Å²) in [7, 11) is 0. The van der Waals surface area contributed by atoms with E-state index < -0.39 is 17.6 Å². The zero-order chi connectivity index (χ0) is 15.5. The molecule has 0 fully saturated rings. The number of hydrogen-bond acceptors (Lipinski definition) is 3. The molecule has 0 unspecified atom stereocenters. The van der Waals surface area contributed by atoms with Crippen molar-refractivity contribution in [2.24, 2.45) is 11.7 Å². The van der Waals surface area contributed by atoms with Gasteiger partial charge in [0.1, 0.15) is 0 Å². The average molecular weight is 289 g/mol. The van der Waals surface area contributed by atoms with E-state index >= 15 is 0 Å². The minimum absolute atomic E-state index is 0.0262. The number of carbonyl (C=O) groups is 1. The van der Waals surface area contributed by atoms with Crippen molar-refractivity contribution in [1.29, 1.82) is 0 Å². The van der Waals surface area contributed by atoms with Gasteiger partial charge in [-0.25, -0.2) is 0 Å². The molecule has 0 bridgehead atoms. The van der Waals surface area contributed by atoms with Crippen LogP contribution in [0.5, 0.6) is 0 Å². The van der Waals surface area contributed by atoms with Gasteiger partial charge in [0.05, 0.1) is 23.5 Å². The van der Waals surface area contributed by atoms with E-state index in [2.05, 4.69) is 0 Å². The van der Waals surface area contributed by atoms with Crippen LogP contribution in [-0.4, -0.2) is 19.0 Å². The highest BCUT2D eigenvalue weighted by Gasteiger charge is 2.31. The first-order valence-corrected chi connectivity index (χ1v) is 6.11. The Morgan fingerprint density at radius 1 is 1.35 bits per heavy atom. The van der Waals surface area contributed by atoms with Crippen LogP contribution in [0.25, 0.3) is 0 Å². The van der Waals surface area contributed by atoms with Gasteiger partial charge in [-0.15, -0.1) is 0 Å². The molecule has 1 aromatic carbocycles. The number of alkyl halides is 3. The molecule has 1 aromatic rings. The summed E-state index contributed by atoms with van der Waals surface area (Å²) in [4.78, 5) is 12.6. The zero-order valence-corrected chi connectivity index (χ0v) is 11.4. The third-order valence-corrected chi connectivity index (χ3v) is 2.63. The van der Waals surface area contributed by atoms with E-state index in [-0.39, 0.29) is 18.2 Å². The van der Waals surface area contributed by atoms with Gasteiger partial charge < -0.3 is 16.4 Å². The Labute approximate surface area is 115 Å². The van der Waals surface area contributed by atoms with Crippen molar-refractivity contribution in [2.45, 2.75) is 20.0 Å². The van der Waals surface area contributed by atoms with Crippen molar-refractivity contribution < 1.29 is 18.0 Å². The standard InChI is InChI=1S/C13H18F3N3O/c1-8(2)6-19(7-12(18)20)11-4-3-9(5-10(11)17)13(14,15)16/h3-5,8H,6-7,17H2,1-2H3,(H2,18,20). The quantitative estimate of drug-likeness (QED) is 0.816. The lowest BCUT2D eigenvalue weighted by Gasteiger charge is -2.27. The molecule has 4 nitrogen and oxygen atoms in total. The predicted molar refractivity (Wildman–Crippen MR) is 72.1 cm³/mol. The van der Waals surface area contributed by atoms with Gasteiger partial charge in [-0.2, -0.15) is 13.2 Å². The molecule has 0 heterocycles. The highest BCUT2D eigenvalue weighted by atomic mass is 19.4. The second-order valence-corrected chi connectivity index (χ2v) is 5.01. The number of nitrogens with zero attached hydrogens (tertiary/aromatic N) is 1. The number of primary amides is 1. The van der Waals surface area contributed by atoms with Gasteiger partial charge in [0.25, 0.3) is 0 Å². The number of nitrogen functional groups attached to an aromatic ring is 1. The molecule has 0 aliphatic rings. The summed E-state index contributed by atoms with van der Waals surface area (Å²) in [6.07, 6.45) is -4.45. The minimum Gasteiger partial charge on any atom is -0.397 e. The molecular formula is C13H18F3N3O. The van der Waals surface area contributed by atoms with Crippen LogP contribution >= 0.6 is 0 Å². The normalized spacial score (nSPS) is 11.7. The van der Waals surface area contributed by atoms with Crippen LogP contribution in [0.2, 0.25) is 0 Å². The van der Waals surface area contributed by atoms with E-state index in [1.54, 1.807) is 4.90 Å². The Bertz CT molecular complexity index is 486. The molecule has 0 saturated heterocycles. The molecule has 0 radical (unpaired) electrons. The maximum Gasteiger partial charge on any atom is 0.416 e. The summed E-state index contributed by atoms with van der Waals surface area (Å²) in [6, 6.07) is 3.08. The molecule has 0 aliphatic carbocycles. The van der Waals surface area contributed by atoms with Crippen molar-refractivity contribution in [1.82, 2.24) is 0 Å². The van der Waals surface area contributed by atoms with E-state index in [0.29, 0.717) is 12.2 Å². The molecule has 7 heteroatoms. The fourth-order valence-electron chi connectivity index (χ4n) is 1.90. The van der Waals surface area contributed by atoms with Crippen molar-refractivity contribution in [3.8, 4) is 0 Å². The number of nitrogens with two attached hydrogens (primary N) is 2. The molecule has 1 rings (SSSR count). The highest BCUT2D eigenvalue weighted by Crippen LogP contribution is 2.34. The molecule has 112 valence electrons. The number of carbonyl (C=O) groups excluding carboxylic acids is 1. The third-order valence-electron chi connectivity index (χ3n) is 2.63. The van der Waals surface area contributed by atoms with Crippen LogP contribution in [0.1, 0.15) is 19.4 Å². The van der Waals surface area contributed by atoms with Crippen molar-refractivity contribution in [3.05, 3.63) is 23.8 Å². The van der Waals surface area contributed by atoms with Gasteiger partial charge >= 0.3 is 6.18 Å². The van der Waals surface area contributed by atoms with Crippen LogP contribution in [0.15, 0.2) is 18.2 Å². The Hall–Kier alpha value is -1.92. The summed E-state index contributed by atoms with van der Waals surface area (Å²) in [5.74, 6) is -0.360. The maximum absolute atomic E-state index is 12.6. The lowest BCUT2D eigenvalue weighted by atomic mass is 10.1. The highest BCUT2D eigenvalue weighted by molar-refractivity contribution is 5.81. The van der Waals surface area contributed by atoms with Crippen LogP contribution in [0.3, 0.4) is 0 Å². The molecule has 0 saturated carbocycles. The van der Waals surface area contributed by atoms with E-state index in [4.69, 9.17) is 11.5 Å². The summed E-state index contributed by atoms with van der Waals surface area (Å²) in [6.45, 7) is 4.23. The van der Waals surface area contributed by atoms with Crippen LogP contribution in [0, 0.1) is 5.92 Å². The number of rotatable bonds is 5. The monoisotopic (exact) mass is 289 g/mol. The number of amides is 1. The van der Waals surface area contributed by atoms with Gasteiger partial charge in [0, 0.05) is 6.54 Å². The Morgan fingerprint density at radius 2 is 1.95 bits per heavy atom. The van der Waals surface area contributed by atoms with E-state index in [0.717, 1.165) is 12.1 Å². The summed E-state index contributed by atoms with van der Waals surface area (Å²) in [5, 5.41) is 0. The SMILES string of the molecule is CC(C)CN(CC(N)=O)c1ccc(C(F)(F)F)cc1N. The molecule has 1 amide bonds. The van der Waals surface area contributed by atoms with Crippen LogP contribution in [0.4, 0.5) is 24.5 Å². The third kappa shape index (κ3) is 4.32. The molecular weight excluding hydrogens is 271 g/mol. The van der Waals surface area contributed by atoms with Crippen molar-refractivity contribution in [3.63, 3.8) is 0 Å². The fourth-order valence-corrected chi connectivity index (χ4v) is 1.90. The van der Waals surface area contributed by atoms with Gasteiger partial charge in [-0.05, 0) is 24.1 Å². The summed E-state index contributed by atoms with van der Waals surface area (Å²) in [5.41, 5.74) is 10.4. The smallest absolute Gasteiger partial charge is 0.397 e. The second kappa shape index (κ2) is 6.02. The molecule has 0 spiro atoms. The van der Waals surface area contributed by atoms with Gasteiger partial charge in [-0.1, -0.05) is 13.8 Å². The van der Waals surface area contributed by atoms with E-state index in [9.17, 15) is 18.0 Å². The fraction of sp³-hybridized carbons (Fsp3) is 0.462. The van der Waals surface area contributed by atoms with Crippen LogP contribution in [-0.2, 0) is 11.0 Å². The summed E-state index contributed by atoms with van der Waals surface area (Å²) < 4.78 is 37.7. The summed E-state index contributed by atoms with van der Waals surface area (Å²) >= 11 is 0. The average Bonchev–Trinajstić information content (AvgIpc) is 2.25. The van der Waals surface area contributed by atoms with Crippen LogP contribution < -0.4 is 16.4 Å². The topological polar surface area (TPSA) is 72.3 Å².